The first-order chi connectivity index (χ1) is 10.9. The fourth-order valence-electron chi connectivity index (χ4n) is 2.89. The Kier molecular flexibility index (Phi) is 5.30. The summed E-state index contributed by atoms with van der Waals surface area (Å²) in [6.45, 7) is 7.54. The highest BCUT2D eigenvalue weighted by Gasteiger charge is 2.36. The third kappa shape index (κ3) is 3.60. The maximum Gasteiger partial charge on any atom is 0.276 e. The molecule has 1 atom stereocenters. The van der Waals surface area contributed by atoms with Gasteiger partial charge in [0.1, 0.15) is 0 Å². The van der Waals surface area contributed by atoms with Crippen molar-refractivity contribution in [2.45, 2.75) is 33.2 Å². The zero-order valence-corrected chi connectivity index (χ0v) is 15.1. The minimum absolute atomic E-state index is 0. The van der Waals surface area contributed by atoms with Crippen LogP contribution in [0.4, 0.5) is 0 Å². The van der Waals surface area contributed by atoms with Gasteiger partial charge < -0.3 is 10.6 Å². The van der Waals surface area contributed by atoms with Crippen LogP contribution in [0.1, 0.15) is 36.3 Å². The first kappa shape index (κ1) is 18.4. The molecule has 0 bridgehead atoms. The molecular weight excluding hydrogens is 326 g/mol. The maximum absolute atomic E-state index is 12.7. The van der Waals surface area contributed by atoms with Gasteiger partial charge in [-0.15, -0.1) is 17.5 Å². The molecule has 1 aliphatic rings. The molecule has 1 unspecified atom stereocenters. The fourth-order valence-corrected chi connectivity index (χ4v) is 2.89. The van der Waals surface area contributed by atoms with Crippen LogP contribution in [0.3, 0.4) is 0 Å². The summed E-state index contributed by atoms with van der Waals surface area (Å²) in [7, 11) is 0. The summed E-state index contributed by atoms with van der Waals surface area (Å²) in [6, 6.07) is 8.05. The Bertz CT molecular complexity index is 710. The van der Waals surface area contributed by atoms with Crippen molar-refractivity contribution in [3.05, 3.63) is 41.7 Å². The van der Waals surface area contributed by atoms with Gasteiger partial charge in [0.15, 0.2) is 5.69 Å². The highest BCUT2D eigenvalue weighted by atomic mass is 35.5. The predicted molar refractivity (Wildman–Crippen MR) is 95.6 cm³/mol. The Balaban J connectivity index is 0.00000208. The number of rotatable bonds is 2. The van der Waals surface area contributed by atoms with E-state index in [0.717, 1.165) is 12.1 Å². The second-order valence-corrected chi connectivity index (χ2v) is 6.99. The molecule has 1 amide bonds. The highest BCUT2D eigenvalue weighted by Crippen LogP contribution is 2.28. The Morgan fingerprint density at radius 2 is 1.96 bits per heavy atom. The monoisotopic (exact) mass is 349 g/mol. The minimum Gasteiger partial charge on any atom is -0.337 e. The van der Waals surface area contributed by atoms with Gasteiger partial charge in [0.05, 0.1) is 11.9 Å². The standard InChI is InChI=1S/C17H23N5O.ClH/c1-12-4-6-13(7-5-12)22-10-14(19-20-22)16(23)21-9-8-15(18)17(2,3)11-21;/h4-7,10,15H,8-9,11,18H2,1-3H3;1H. The van der Waals surface area contributed by atoms with Crippen LogP contribution in [0.25, 0.3) is 5.69 Å². The third-order valence-electron chi connectivity index (χ3n) is 4.61. The lowest BCUT2D eigenvalue weighted by Crippen LogP contribution is -2.54. The number of carbonyl (C=O) groups is 1. The van der Waals surface area contributed by atoms with E-state index < -0.39 is 0 Å². The second kappa shape index (κ2) is 6.91. The summed E-state index contributed by atoms with van der Waals surface area (Å²) < 4.78 is 1.63. The molecule has 1 saturated heterocycles. The van der Waals surface area contributed by atoms with E-state index in [2.05, 4.69) is 24.2 Å². The van der Waals surface area contributed by atoms with E-state index in [-0.39, 0.29) is 29.8 Å². The lowest BCUT2D eigenvalue weighted by molar-refractivity contribution is 0.0527. The third-order valence-corrected chi connectivity index (χ3v) is 4.61. The summed E-state index contributed by atoms with van der Waals surface area (Å²) in [5, 5.41) is 8.13. The van der Waals surface area contributed by atoms with E-state index in [4.69, 9.17) is 5.73 Å². The normalized spacial score (nSPS) is 19.7. The molecule has 6 nitrogen and oxygen atoms in total. The summed E-state index contributed by atoms with van der Waals surface area (Å²) in [4.78, 5) is 14.5. The van der Waals surface area contributed by atoms with Crippen molar-refractivity contribution in [2.75, 3.05) is 13.1 Å². The van der Waals surface area contributed by atoms with Gasteiger partial charge in [-0.2, -0.15) is 0 Å². The average Bonchev–Trinajstić information content (AvgIpc) is 3.00. The smallest absolute Gasteiger partial charge is 0.276 e. The van der Waals surface area contributed by atoms with Crippen molar-refractivity contribution in [2.24, 2.45) is 11.1 Å². The van der Waals surface area contributed by atoms with Gasteiger partial charge in [0.2, 0.25) is 0 Å². The molecule has 0 spiro atoms. The first-order valence-corrected chi connectivity index (χ1v) is 7.91. The summed E-state index contributed by atoms with van der Waals surface area (Å²) >= 11 is 0. The average molecular weight is 350 g/mol. The van der Waals surface area contributed by atoms with Crippen LogP contribution in [-0.2, 0) is 0 Å². The molecule has 0 saturated carbocycles. The number of halogens is 1. The second-order valence-electron chi connectivity index (χ2n) is 6.99. The lowest BCUT2D eigenvalue weighted by Gasteiger charge is -2.42. The number of benzene rings is 1. The van der Waals surface area contributed by atoms with Gasteiger partial charge in [-0.3, -0.25) is 4.79 Å². The Morgan fingerprint density at radius 3 is 2.58 bits per heavy atom. The molecule has 130 valence electrons. The number of hydrogen-bond donors (Lipinski definition) is 1. The molecule has 2 N–H and O–H groups in total. The van der Waals surface area contributed by atoms with Crippen molar-refractivity contribution >= 4 is 18.3 Å². The first-order valence-electron chi connectivity index (χ1n) is 7.91. The lowest BCUT2D eigenvalue weighted by atomic mass is 9.79. The number of nitrogens with two attached hydrogens (primary N) is 1. The molecule has 3 rings (SSSR count). The van der Waals surface area contributed by atoms with Crippen molar-refractivity contribution in [1.29, 1.82) is 0 Å². The molecule has 1 aliphatic heterocycles. The molecule has 1 aromatic heterocycles. The van der Waals surface area contributed by atoms with Crippen LogP contribution in [-0.4, -0.2) is 44.9 Å². The van der Waals surface area contributed by atoms with Crippen LogP contribution in [0.2, 0.25) is 0 Å². The topological polar surface area (TPSA) is 77.0 Å². The van der Waals surface area contributed by atoms with Gasteiger partial charge in [0, 0.05) is 19.1 Å². The molecule has 0 aliphatic carbocycles. The van der Waals surface area contributed by atoms with Gasteiger partial charge >= 0.3 is 0 Å². The number of amides is 1. The molecule has 7 heteroatoms. The Labute approximate surface area is 148 Å². The van der Waals surface area contributed by atoms with Gasteiger partial charge in [0.25, 0.3) is 5.91 Å². The summed E-state index contributed by atoms with van der Waals surface area (Å²) in [5.74, 6) is -0.0802. The molecule has 1 fully saturated rings. The largest absolute Gasteiger partial charge is 0.337 e. The van der Waals surface area contributed by atoms with Crippen molar-refractivity contribution in [3.8, 4) is 5.69 Å². The van der Waals surface area contributed by atoms with Crippen molar-refractivity contribution < 1.29 is 4.79 Å². The van der Waals surface area contributed by atoms with E-state index in [0.29, 0.717) is 18.8 Å². The molecule has 1 aromatic carbocycles. The van der Waals surface area contributed by atoms with Crippen LogP contribution in [0.5, 0.6) is 0 Å². The summed E-state index contributed by atoms with van der Waals surface area (Å²) in [5.41, 5.74) is 8.50. The number of aromatic nitrogens is 3. The van der Waals surface area contributed by atoms with Crippen LogP contribution < -0.4 is 5.73 Å². The van der Waals surface area contributed by atoms with E-state index in [1.165, 1.54) is 5.56 Å². The minimum atomic E-state index is -0.0825. The van der Waals surface area contributed by atoms with Crippen LogP contribution in [0.15, 0.2) is 30.5 Å². The number of piperidine rings is 1. The molecule has 24 heavy (non-hydrogen) atoms. The molecule has 2 heterocycles. The Hall–Kier alpha value is -1.92. The quantitative estimate of drug-likeness (QED) is 0.901. The Morgan fingerprint density at radius 1 is 1.29 bits per heavy atom. The van der Waals surface area contributed by atoms with Crippen molar-refractivity contribution in [1.82, 2.24) is 19.9 Å². The predicted octanol–water partition coefficient (Wildman–Crippen LogP) is 2.20. The molecule has 0 radical (unpaired) electrons. The van der Waals surface area contributed by atoms with Gasteiger partial charge in [-0.05, 0) is 30.9 Å². The fraction of sp³-hybridized carbons (Fsp3) is 0.471. The number of carbonyl (C=O) groups excluding carboxylic acids is 1. The number of hydrogen-bond acceptors (Lipinski definition) is 4. The number of aryl methyl sites for hydroxylation is 1. The maximum atomic E-state index is 12.7. The van der Waals surface area contributed by atoms with Crippen LogP contribution in [0, 0.1) is 12.3 Å². The van der Waals surface area contributed by atoms with E-state index >= 15 is 0 Å². The van der Waals surface area contributed by atoms with Crippen LogP contribution >= 0.6 is 12.4 Å². The number of likely N-dealkylation sites (tertiary alicyclic amines) is 1. The highest BCUT2D eigenvalue weighted by molar-refractivity contribution is 5.92. The van der Waals surface area contributed by atoms with Gasteiger partial charge in [-0.1, -0.05) is 36.8 Å². The zero-order chi connectivity index (χ0) is 16.6. The molecule has 2 aromatic rings. The van der Waals surface area contributed by atoms with E-state index in [1.807, 2.05) is 36.1 Å². The zero-order valence-electron chi connectivity index (χ0n) is 14.3. The summed E-state index contributed by atoms with van der Waals surface area (Å²) in [6.07, 6.45) is 2.50. The number of nitrogens with zero attached hydrogens (tertiary/aromatic N) is 4. The van der Waals surface area contributed by atoms with E-state index in [9.17, 15) is 4.79 Å². The van der Waals surface area contributed by atoms with E-state index in [1.54, 1.807) is 10.9 Å². The van der Waals surface area contributed by atoms with Crippen molar-refractivity contribution in [3.63, 3.8) is 0 Å². The SMILES string of the molecule is Cc1ccc(-n2cc(C(=O)N3CCC(N)C(C)(C)C3)nn2)cc1.Cl. The van der Waals surface area contributed by atoms with Gasteiger partial charge in [-0.25, -0.2) is 4.68 Å². The molecular formula is C17H24ClN5O.